The molecule has 0 aliphatic carbocycles. The predicted octanol–water partition coefficient (Wildman–Crippen LogP) is 1.47. The first kappa shape index (κ1) is 15.2. The Kier molecular flexibility index (Phi) is 4.29. The summed E-state index contributed by atoms with van der Waals surface area (Å²) in [6, 6.07) is 0.300. The van der Waals surface area contributed by atoms with Gasteiger partial charge < -0.3 is 14.5 Å². The van der Waals surface area contributed by atoms with Crippen molar-refractivity contribution in [2.24, 2.45) is 0 Å². The van der Waals surface area contributed by atoms with Crippen molar-refractivity contribution in [3.05, 3.63) is 18.6 Å². The quantitative estimate of drug-likeness (QED) is 0.828. The van der Waals surface area contributed by atoms with Crippen LogP contribution < -0.4 is 4.90 Å². The molecular formula is C16H24N4O2. The molecular weight excluding hydrogens is 280 g/mol. The summed E-state index contributed by atoms with van der Waals surface area (Å²) in [5.41, 5.74) is -0.0780. The largest absolute Gasteiger partial charge is 0.375 e. The fourth-order valence-corrected chi connectivity index (χ4v) is 3.54. The van der Waals surface area contributed by atoms with Gasteiger partial charge in [-0.2, -0.15) is 0 Å². The lowest BCUT2D eigenvalue weighted by Crippen LogP contribution is -2.54. The molecule has 1 aromatic rings. The van der Waals surface area contributed by atoms with Crippen LogP contribution >= 0.6 is 0 Å². The summed E-state index contributed by atoms with van der Waals surface area (Å²) in [7, 11) is 1.90. The standard InChI is InChI=1S/C16H24N4O2/c1-13(21)19(2)14-3-10-22-16(11-14)4-8-20(9-5-16)15-12-17-6-7-18-15/h6-7,12,14H,3-5,8-11H2,1-2H3/t14-/m1/s1. The first-order valence-corrected chi connectivity index (χ1v) is 7.98. The van der Waals surface area contributed by atoms with Crippen LogP contribution in [0.4, 0.5) is 5.82 Å². The zero-order valence-corrected chi connectivity index (χ0v) is 13.4. The van der Waals surface area contributed by atoms with Crippen molar-refractivity contribution in [1.82, 2.24) is 14.9 Å². The molecule has 0 bridgehead atoms. The molecule has 2 aliphatic rings. The number of ether oxygens (including phenoxy) is 1. The van der Waals surface area contributed by atoms with Crippen LogP contribution in [0.1, 0.15) is 32.6 Å². The number of carbonyl (C=O) groups is 1. The molecule has 0 N–H and O–H groups in total. The van der Waals surface area contributed by atoms with Gasteiger partial charge in [-0.15, -0.1) is 0 Å². The van der Waals surface area contributed by atoms with E-state index < -0.39 is 0 Å². The number of aromatic nitrogens is 2. The molecule has 1 atom stereocenters. The first-order valence-electron chi connectivity index (χ1n) is 7.98. The Morgan fingerprint density at radius 2 is 2.18 bits per heavy atom. The Labute approximate surface area is 131 Å². The maximum Gasteiger partial charge on any atom is 0.219 e. The first-order chi connectivity index (χ1) is 10.6. The van der Waals surface area contributed by atoms with Crippen molar-refractivity contribution in [3.63, 3.8) is 0 Å². The van der Waals surface area contributed by atoms with Gasteiger partial charge in [0, 0.05) is 52.1 Å². The minimum absolute atomic E-state index is 0.0780. The molecule has 0 aromatic carbocycles. The molecule has 1 amide bonds. The minimum atomic E-state index is -0.0780. The molecule has 0 radical (unpaired) electrons. The van der Waals surface area contributed by atoms with Crippen LogP contribution in [0.3, 0.4) is 0 Å². The molecule has 22 heavy (non-hydrogen) atoms. The van der Waals surface area contributed by atoms with Gasteiger partial charge in [0.25, 0.3) is 0 Å². The Morgan fingerprint density at radius 3 is 2.82 bits per heavy atom. The van der Waals surface area contributed by atoms with Crippen LogP contribution in [0.25, 0.3) is 0 Å². The van der Waals surface area contributed by atoms with Crippen LogP contribution in [-0.4, -0.2) is 59.2 Å². The third-order valence-corrected chi connectivity index (χ3v) is 5.06. The van der Waals surface area contributed by atoms with Gasteiger partial charge in [0.1, 0.15) is 5.82 Å². The summed E-state index contributed by atoms with van der Waals surface area (Å²) in [5, 5.41) is 0. The summed E-state index contributed by atoms with van der Waals surface area (Å²) in [6.45, 7) is 4.23. The van der Waals surface area contributed by atoms with E-state index in [9.17, 15) is 4.79 Å². The van der Waals surface area contributed by atoms with Crippen molar-refractivity contribution >= 4 is 11.7 Å². The SMILES string of the molecule is CC(=O)N(C)[C@@H]1CCOC2(CCN(c3cnccn3)CC2)C1. The molecule has 2 fully saturated rings. The highest BCUT2D eigenvalue weighted by Crippen LogP contribution is 2.37. The van der Waals surface area contributed by atoms with Crippen molar-refractivity contribution in [2.75, 3.05) is 31.6 Å². The van der Waals surface area contributed by atoms with Gasteiger partial charge in [-0.05, 0) is 25.7 Å². The fraction of sp³-hybridized carbons (Fsp3) is 0.688. The van der Waals surface area contributed by atoms with E-state index in [4.69, 9.17) is 4.74 Å². The van der Waals surface area contributed by atoms with Gasteiger partial charge in [-0.1, -0.05) is 0 Å². The second-order valence-electron chi connectivity index (χ2n) is 6.36. The number of anilines is 1. The molecule has 0 saturated carbocycles. The number of amides is 1. The summed E-state index contributed by atoms with van der Waals surface area (Å²) in [5.74, 6) is 1.07. The van der Waals surface area contributed by atoms with Crippen LogP contribution in [0.5, 0.6) is 0 Å². The lowest BCUT2D eigenvalue weighted by atomic mass is 9.82. The summed E-state index contributed by atoms with van der Waals surface area (Å²) >= 11 is 0. The Bertz CT molecular complexity index is 514. The lowest BCUT2D eigenvalue weighted by molar-refractivity contribution is -0.141. The van der Waals surface area contributed by atoms with Crippen molar-refractivity contribution < 1.29 is 9.53 Å². The number of carbonyl (C=O) groups excluding carboxylic acids is 1. The molecule has 1 spiro atoms. The highest BCUT2D eigenvalue weighted by molar-refractivity contribution is 5.73. The van der Waals surface area contributed by atoms with Crippen LogP contribution in [0.2, 0.25) is 0 Å². The predicted molar refractivity (Wildman–Crippen MR) is 83.6 cm³/mol. The van der Waals surface area contributed by atoms with Gasteiger partial charge >= 0.3 is 0 Å². The van der Waals surface area contributed by atoms with Crippen LogP contribution in [0.15, 0.2) is 18.6 Å². The average molecular weight is 304 g/mol. The van der Waals surface area contributed by atoms with Crippen molar-refractivity contribution in [3.8, 4) is 0 Å². The zero-order valence-electron chi connectivity index (χ0n) is 13.4. The second kappa shape index (κ2) is 6.20. The molecule has 2 aliphatic heterocycles. The molecule has 3 heterocycles. The molecule has 1 aromatic heterocycles. The zero-order chi connectivity index (χ0) is 15.6. The third kappa shape index (κ3) is 3.06. The molecule has 2 saturated heterocycles. The maximum absolute atomic E-state index is 11.6. The summed E-state index contributed by atoms with van der Waals surface area (Å²) < 4.78 is 6.15. The van der Waals surface area contributed by atoms with Gasteiger partial charge in [0.05, 0.1) is 11.8 Å². The summed E-state index contributed by atoms with van der Waals surface area (Å²) in [6.07, 6.45) is 9.07. The monoisotopic (exact) mass is 304 g/mol. The van der Waals surface area contributed by atoms with E-state index in [1.165, 1.54) is 0 Å². The Morgan fingerprint density at radius 1 is 1.41 bits per heavy atom. The van der Waals surface area contributed by atoms with E-state index in [-0.39, 0.29) is 11.5 Å². The summed E-state index contributed by atoms with van der Waals surface area (Å²) in [4.78, 5) is 24.3. The van der Waals surface area contributed by atoms with E-state index >= 15 is 0 Å². The van der Waals surface area contributed by atoms with E-state index in [0.717, 1.165) is 51.2 Å². The van der Waals surface area contributed by atoms with Crippen molar-refractivity contribution in [1.29, 1.82) is 0 Å². The van der Waals surface area contributed by atoms with E-state index in [2.05, 4.69) is 14.9 Å². The van der Waals surface area contributed by atoms with Crippen molar-refractivity contribution in [2.45, 2.75) is 44.2 Å². The normalized spacial score (nSPS) is 24.3. The van der Waals surface area contributed by atoms with Gasteiger partial charge in [0.2, 0.25) is 5.91 Å². The van der Waals surface area contributed by atoms with Gasteiger partial charge in [0.15, 0.2) is 0 Å². The lowest BCUT2D eigenvalue weighted by Gasteiger charge is -2.48. The number of hydrogen-bond acceptors (Lipinski definition) is 5. The number of piperidine rings is 1. The highest BCUT2D eigenvalue weighted by Gasteiger charge is 2.41. The molecule has 120 valence electrons. The number of nitrogens with zero attached hydrogens (tertiary/aromatic N) is 4. The van der Waals surface area contributed by atoms with E-state index in [1.54, 1.807) is 19.3 Å². The molecule has 3 rings (SSSR count). The second-order valence-corrected chi connectivity index (χ2v) is 6.36. The minimum Gasteiger partial charge on any atom is -0.375 e. The fourth-order valence-electron chi connectivity index (χ4n) is 3.54. The van der Waals surface area contributed by atoms with Crippen LogP contribution in [-0.2, 0) is 9.53 Å². The van der Waals surface area contributed by atoms with Crippen LogP contribution in [0, 0.1) is 0 Å². The maximum atomic E-state index is 11.6. The smallest absolute Gasteiger partial charge is 0.219 e. The Balaban J connectivity index is 1.63. The van der Waals surface area contributed by atoms with Gasteiger partial charge in [-0.25, -0.2) is 4.98 Å². The Hall–Kier alpha value is -1.69. The van der Waals surface area contributed by atoms with E-state index in [0.29, 0.717) is 6.04 Å². The highest BCUT2D eigenvalue weighted by atomic mass is 16.5. The average Bonchev–Trinajstić information content (AvgIpc) is 2.56. The van der Waals surface area contributed by atoms with E-state index in [1.807, 2.05) is 18.1 Å². The topological polar surface area (TPSA) is 58.6 Å². The molecule has 6 nitrogen and oxygen atoms in total. The van der Waals surface area contributed by atoms with Gasteiger partial charge in [-0.3, -0.25) is 9.78 Å². The third-order valence-electron chi connectivity index (χ3n) is 5.06. The molecule has 6 heteroatoms. The number of rotatable bonds is 2. The molecule has 0 unspecified atom stereocenters. The number of hydrogen-bond donors (Lipinski definition) is 0.